The van der Waals surface area contributed by atoms with Crippen LogP contribution in [0.15, 0.2) is 58.5 Å². The van der Waals surface area contributed by atoms with Crippen LogP contribution in [-0.2, 0) is 22.5 Å². The van der Waals surface area contributed by atoms with E-state index in [0.29, 0.717) is 29.3 Å². The number of aromatic amines is 1. The van der Waals surface area contributed by atoms with E-state index in [0.717, 1.165) is 23.0 Å². The standard InChI is InChI=1S/C23H24N4O3S/c1-3-15-8-10-16(11-9-15)24-19(28)14-31-23-26-20-17-6-4-5-7-18(17)25-21(20)22(29)27(23)12-13-30-2/h4-11,25H,3,12-14H2,1-2H3,(H,24,28). The lowest BCUT2D eigenvalue weighted by atomic mass is 10.1. The maximum Gasteiger partial charge on any atom is 0.278 e. The number of hydrogen-bond acceptors (Lipinski definition) is 5. The number of carbonyl (C=O) groups is 1. The summed E-state index contributed by atoms with van der Waals surface area (Å²) in [5.74, 6) is -0.0103. The number of hydrogen-bond donors (Lipinski definition) is 2. The molecule has 0 fully saturated rings. The van der Waals surface area contributed by atoms with Crippen molar-refractivity contribution in [1.82, 2.24) is 14.5 Å². The van der Waals surface area contributed by atoms with Gasteiger partial charge in [-0.15, -0.1) is 0 Å². The number of nitrogens with one attached hydrogen (secondary N) is 2. The monoisotopic (exact) mass is 436 g/mol. The van der Waals surface area contributed by atoms with E-state index < -0.39 is 0 Å². The molecule has 7 nitrogen and oxygen atoms in total. The van der Waals surface area contributed by atoms with Gasteiger partial charge in [0.1, 0.15) is 11.0 Å². The van der Waals surface area contributed by atoms with Crippen molar-refractivity contribution in [3.8, 4) is 0 Å². The number of anilines is 1. The van der Waals surface area contributed by atoms with Crippen molar-refractivity contribution >= 4 is 45.3 Å². The minimum Gasteiger partial charge on any atom is -0.383 e. The summed E-state index contributed by atoms with van der Waals surface area (Å²) in [5, 5.41) is 4.28. The smallest absolute Gasteiger partial charge is 0.278 e. The topological polar surface area (TPSA) is 89.0 Å². The number of rotatable bonds is 8. The number of aromatic nitrogens is 3. The highest BCUT2D eigenvalue weighted by atomic mass is 32.2. The van der Waals surface area contributed by atoms with Gasteiger partial charge in [-0.3, -0.25) is 14.2 Å². The highest BCUT2D eigenvalue weighted by Crippen LogP contribution is 2.24. The molecule has 2 N–H and O–H groups in total. The van der Waals surface area contributed by atoms with E-state index in [-0.39, 0.29) is 17.2 Å². The fraction of sp³-hybridized carbons (Fsp3) is 0.261. The van der Waals surface area contributed by atoms with Gasteiger partial charge in [-0.1, -0.05) is 49.0 Å². The molecule has 0 radical (unpaired) electrons. The lowest BCUT2D eigenvalue weighted by Gasteiger charge is -2.12. The number of H-pyrrole nitrogens is 1. The zero-order valence-corrected chi connectivity index (χ0v) is 18.3. The molecule has 0 bridgehead atoms. The first kappa shape index (κ1) is 21.1. The fourth-order valence-electron chi connectivity index (χ4n) is 3.42. The van der Waals surface area contributed by atoms with Crippen LogP contribution in [0, 0.1) is 0 Å². The Balaban J connectivity index is 1.60. The zero-order chi connectivity index (χ0) is 21.8. The Hall–Kier alpha value is -3.10. The van der Waals surface area contributed by atoms with Gasteiger partial charge in [0.2, 0.25) is 5.91 Å². The van der Waals surface area contributed by atoms with Gasteiger partial charge < -0.3 is 15.0 Å². The van der Waals surface area contributed by atoms with Crippen molar-refractivity contribution in [3.63, 3.8) is 0 Å². The minimum absolute atomic E-state index is 0.142. The summed E-state index contributed by atoms with van der Waals surface area (Å²) in [7, 11) is 1.59. The second-order valence-corrected chi connectivity index (χ2v) is 8.07. The Bertz CT molecular complexity index is 1280. The van der Waals surface area contributed by atoms with Crippen LogP contribution in [0.3, 0.4) is 0 Å². The molecule has 0 unspecified atom stereocenters. The number of methoxy groups -OCH3 is 1. The van der Waals surface area contributed by atoms with Crippen LogP contribution in [0.5, 0.6) is 0 Å². The van der Waals surface area contributed by atoms with E-state index >= 15 is 0 Å². The summed E-state index contributed by atoms with van der Waals surface area (Å²) >= 11 is 1.24. The van der Waals surface area contributed by atoms with Crippen LogP contribution in [-0.4, -0.2) is 39.9 Å². The Morgan fingerprint density at radius 2 is 1.97 bits per heavy atom. The summed E-state index contributed by atoms with van der Waals surface area (Å²) < 4.78 is 6.73. The van der Waals surface area contributed by atoms with Gasteiger partial charge in [0, 0.05) is 23.7 Å². The van der Waals surface area contributed by atoms with Crippen LogP contribution >= 0.6 is 11.8 Å². The molecule has 160 valence electrons. The molecule has 4 aromatic rings. The number of ether oxygens (including phenoxy) is 1. The molecule has 2 heterocycles. The van der Waals surface area contributed by atoms with E-state index in [1.54, 1.807) is 11.7 Å². The Kier molecular flexibility index (Phi) is 6.39. The zero-order valence-electron chi connectivity index (χ0n) is 17.5. The van der Waals surface area contributed by atoms with Gasteiger partial charge >= 0.3 is 0 Å². The van der Waals surface area contributed by atoms with Gasteiger partial charge in [-0.25, -0.2) is 4.98 Å². The molecule has 0 aliphatic carbocycles. The van der Waals surface area contributed by atoms with Crippen molar-refractivity contribution in [2.24, 2.45) is 0 Å². The number of thioether (sulfide) groups is 1. The molecule has 1 amide bonds. The van der Waals surface area contributed by atoms with Gasteiger partial charge in [0.15, 0.2) is 5.16 Å². The van der Waals surface area contributed by atoms with Gasteiger partial charge in [-0.05, 0) is 30.2 Å². The quantitative estimate of drug-likeness (QED) is 0.324. The maximum absolute atomic E-state index is 13.1. The second kappa shape index (κ2) is 9.36. The molecule has 0 aliphatic heterocycles. The molecular formula is C23H24N4O3S. The van der Waals surface area contributed by atoms with Crippen LogP contribution in [0.25, 0.3) is 21.9 Å². The molecule has 4 rings (SSSR count). The van der Waals surface area contributed by atoms with Crippen molar-refractivity contribution in [2.75, 3.05) is 24.8 Å². The number of aryl methyl sites for hydroxylation is 1. The van der Waals surface area contributed by atoms with E-state index in [1.807, 2.05) is 48.5 Å². The Morgan fingerprint density at radius 1 is 1.19 bits per heavy atom. The van der Waals surface area contributed by atoms with Crippen LogP contribution in [0.2, 0.25) is 0 Å². The summed E-state index contributed by atoms with van der Waals surface area (Å²) in [4.78, 5) is 33.6. The minimum atomic E-state index is -0.170. The third-order valence-electron chi connectivity index (χ3n) is 5.07. The molecule has 2 aromatic carbocycles. The van der Waals surface area contributed by atoms with Gasteiger partial charge in [0.25, 0.3) is 5.56 Å². The van der Waals surface area contributed by atoms with Crippen LogP contribution < -0.4 is 10.9 Å². The average Bonchev–Trinajstić information content (AvgIpc) is 3.17. The third kappa shape index (κ3) is 4.50. The van der Waals surface area contributed by atoms with Crippen molar-refractivity contribution in [3.05, 3.63) is 64.4 Å². The van der Waals surface area contributed by atoms with E-state index in [4.69, 9.17) is 9.72 Å². The largest absolute Gasteiger partial charge is 0.383 e. The number of fused-ring (bicyclic) bond motifs is 3. The van der Waals surface area contributed by atoms with Crippen molar-refractivity contribution in [1.29, 1.82) is 0 Å². The van der Waals surface area contributed by atoms with E-state index in [9.17, 15) is 9.59 Å². The molecule has 0 atom stereocenters. The fourth-order valence-corrected chi connectivity index (χ4v) is 4.24. The van der Waals surface area contributed by atoms with Gasteiger partial charge in [-0.2, -0.15) is 0 Å². The number of amides is 1. The molecular weight excluding hydrogens is 412 g/mol. The summed E-state index contributed by atoms with van der Waals surface area (Å²) in [5.41, 5.74) is 3.73. The number of para-hydroxylation sites is 1. The molecule has 0 aliphatic rings. The SMILES string of the molecule is CCc1ccc(NC(=O)CSc2nc3c([nH]c4ccccc43)c(=O)n2CCOC)cc1. The predicted octanol–water partition coefficient (Wildman–Crippen LogP) is 3.82. The molecule has 0 saturated heterocycles. The normalized spacial score (nSPS) is 11.3. The second-order valence-electron chi connectivity index (χ2n) is 7.13. The van der Waals surface area contributed by atoms with E-state index in [2.05, 4.69) is 17.2 Å². The van der Waals surface area contributed by atoms with Crippen molar-refractivity contribution in [2.45, 2.75) is 25.0 Å². The molecule has 2 aromatic heterocycles. The number of carbonyl (C=O) groups excluding carboxylic acids is 1. The first-order valence-corrected chi connectivity index (χ1v) is 11.1. The first-order chi connectivity index (χ1) is 15.1. The van der Waals surface area contributed by atoms with Crippen LogP contribution in [0.1, 0.15) is 12.5 Å². The lowest BCUT2D eigenvalue weighted by molar-refractivity contribution is -0.113. The van der Waals surface area contributed by atoms with Crippen LogP contribution in [0.4, 0.5) is 5.69 Å². The number of benzene rings is 2. The predicted molar refractivity (Wildman–Crippen MR) is 125 cm³/mol. The molecule has 0 spiro atoms. The summed E-state index contributed by atoms with van der Waals surface area (Å²) in [6.07, 6.45) is 0.949. The Morgan fingerprint density at radius 3 is 2.71 bits per heavy atom. The van der Waals surface area contributed by atoms with Gasteiger partial charge in [0.05, 0.1) is 18.9 Å². The van der Waals surface area contributed by atoms with Crippen molar-refractivity contribution < 1.29 is 9.53 Å². The maximum atomic E-state index is 13.1. The summed E-state index contributed by atoms with van der Waals surface area (Å²) in [6, 6.07) is 15.5. The first-order valence-electron chi connectivity index (χ1n) is 10.1. The highest BCUT2D eigenvalue weighted by molar-refractivity contribution is 7.99. The molecule has 0 saturated carbocycles. The Labute approximate surface area is 183 Å². The molecule has 8 heteroatoms. The molecule has 31 heavy (non-hydrogen) atoms. The average molecular weight is 437 g/mol. The number of nitrogens with zero attached hydrogens (tertiary/aromatic N) is 2. The third-order valence-corrected chi connectivity index (χ3v) is 6.05. The lowest BCUT2D eigenvalue weighted by Crippen LogP contribution is -2.26. The van der Waals surface area contributed by atoms with E-state index in [1.165, 1.54) is 17.3 Å². The summed E-state index contributed by atoms with van der Waals surface area (Å²) in [6.45, 7) is 2.82. The highest BCUT2D eigenvalue weighted by Gasteiger charge is 2.17.